The van der Waals surface area contributed by atoms with Crippen LogP contribution in [0.4, 0.5) is 0 Å². The van der Waals surface area contributed by atoms with Gasteiger partial charge >= 0.3 is 35.8 Å². The summed E-state index contributed by atoms with van der Waals surface area (Å²) in [6.07, 6.45) is 10.9. The first-order chi connectivity index (χ1) is 37.8. The Bertz CT molecular complexity index is 2730. The first kappa shape index (κ1) is 59.0. The number of ether oxygens (including phenoxy) is 8. The Morgan fingerprint density at radius 2 is 0.692 bits per heavy atom. The molecule has 0 aliphatic rings. The van der Waals surface area contributed by atoms with Crippen LogP contribution in [0, 0.1) is 0 Å². The van der Waals surface area contributed by atoms with Crippen LogP contribution in [0.25, 0.3) is 22.3 Å². The van der Waals surface area contributed by atoms with Gasteiger partial charge in [-0.15, -0.1) is 0 Å². The number of hydrogen-bond acceptors (Lipinski definition) is 14. The predicted octanol–water partition coefficient (Wildman–Crippen LogP) is 14.6. The molecule has 0 bridgehead atoms. The fraction of sp³-hybridized carbons (Fsp3) is 0.344. The van der Waals surface area contributed by atoms with Gasteiger partial charge in [-0.25, -0.2) is 19.2 Å². The highest BCUT2D eigenvalue weighted by atomic mass is 16.6. The lowest BCUT2D eigenvalue weighted by Gasteiger charge is -2.13. The lowest BCUT2D eigenvalue weighted by atomic mass is 10.0. The molecule has 78 heavy (non-hydrogen) atoms. The Kier molecular flexibility index (Phi) is 23.0. The molecular formula is C64H70O14. The number of carbonyl (C=O) groups excluding carboxylic acids is 6. The molecule has 2 atom stereocenters. The van der Waals surface area contributed by atoms with Crippen LogP contribution in [-0.2, 0) is 19.1 Å². The summed E-state index contributed by atoms with van der Waals surface area (Å²) in [5.41, 5.74) is 4.75. The molecule has 0 saturated carbocycles. The highest BCUT2D eigenvalue weighted by Gasteiger charge is 2.20. The molecule has 0 unspecified atom stereocenters. The average Bonchev–Trinajstić information content (AvgIpc) is 3.45. The molecule has 14 nitrogen and oxygen atoms in total. The molecule has 0 spiro atoms. The van der Waals surface area contributed by atoms with Crippen LogP contribution >= 0.6 is 0 Å². The van der Waals surface area contributed by atoms with E-state index in [9.17, 15) is 28.8 Å². The van der Waals surface area contributed by atoms with Crippen molar-refractivity contribution in [2.75, 3.05) is 14.2 Å². The molecule has 0 aromatic heterocycles. The number of esters is 6. The maximum atomic E-state index is 13.1. The van der Waals surface area contributed by atoms with Gasteiger partial charge in [-0.1, -0.05) is 101 Å². The van der Waals surface area contributed by atoms with Crippen molar-refractivity contribution in [2.45, 2.75) is 130 Å². The fourth-order valence-electron chi connectivity index (χ4n) is 8.34. The second-order valence-electron chi connectivity index (χ2n) is 19.0. The molecule has 0 radical (unpaired) electrons. The second kappa shape index (κ2) is 30.5. The minimum Gasteiger partial charge on any atom is -0.493 e. The van der Waals surface area contributed by atoms with Crippen molar-refractivity contribution in [2.24, 2.45) is 0 Å². The van der Waals surface area contributed by atoms with Gasteiger partial charge in [0.2, 0.25) is 0 Å². The van der Waals surface area contributed by atoms with Crippen molar-refractivity contribution in [3.05, 3.63) is 156 Å². The average molecular weight is 1060 g/mol. The number of unbranched alkanes of at least 4 members (excludes halogenated alkanes) is 7. The van der Waals surface area contributed by atoms with Crippen molar-refractivity contribution in [1.82, 2.24) is 0 Å². The third kappa shape index (κ3) is 18.2. The predicted molar refractivity (Wildman–Crippen MR) is 297 cm³/mol. The molecule has 0 aliphatic heterocycles. The van der Waals surface area contributed by atoms with E-state index < -0.39 is 23.9 Å². The normalized spacial score (nSPS) is 11.6. The van der Waals surface area contributed by atoms with E-state index in [0.29, 0.717) is 35.5 Å². The molecule has 410 valence electrons. The number of methoxy groups -OCH3 is 2. The van der Waals surface area contributed by atoms with Gasteiger partial charge in [-0.3, -0.25) is 9.59 Å². The molecule has 0 N–H and O–H groups in total. The molecule has 0 saturated heterocycles. The zero-order valence-corrected chi connectivity index (χ0v) is 45.5. The smallest absolute Gasteiger partial charge is 0.343 e. The molecule has 0 fully saturated rings. The van der Waals surface area contributed by atoms with Gasteiger partial charge in [0, 0.05) is 12.8 Å². The lowest BCUT2D eigenvalue weighted by molar-refractivity contribution is -0.136. The van der Waals surface area contributed by atoms with E-state index in [1.165, 1.54) is 63.5 Å². The highest BCUT2D eigenvalue weighted by Crippen LogP contribution is 2.32. The fourth-order valence-corrected chi connectivity index (χ4v) is 8.34. The van der Waals surface area contributed by atoms with Gasteiger partial charge in [0.1, 0.15) is 11.5 Å². The van der Waals surface area contributed by atoms with E-state index in [4.69, 9.17) is 37.9 Å². The van der Waals surface area contributed by atoms with E-state index >= 15 is 0 Å². The van der Waals surface area contributed by atoms with Crippen molar-refractivity contribution in [3.63, 3.8) is 0 Å². The van der Waals surface area contributed by atoms with Crippen LogP contribution in [0.5, 0.6) is 34.5 Å². The molecule has 0 amide bonds. The number of benzene rings is 6. The summed E-state index contributed by atoms with van der Waals surface area (Å²) in [5.74, 6) is -2.03. The van der Waals surface area contributed by atoms with Gasteiger partial charge in [-0.05, 0) is 160 Å². The number of hydrogen-bond donors (Lipinski definition) is 0. The van der Waals surface area contributed by atoms with Crippen molar-refractivity contribution in [3.8, 4) is 56.8 Å². The van der Waals surface area contributed by atoms with Gasteiger partial charge < -0.3 is 37.9 Å². The standard InChI is InChI=1S/C64H70O14/c1-7-9-11-13-17-43(3)73-61(67)49-25-21-45(22-26-49)47-29-35-53(36-30-47)75-63(69)51-33-39-55(57(41-51)71-5)77-59(65)19-15-16-20-60(66)78-56-40-34-52(42-58(56)72-6)64(70)76-54-37-31-48(32-38-54)46-23-27-50(28-24-46)62(68)74-44(4)18-14-12-10-8-2/h21-44H,7-20H2,1-6H3/t43-,44-/m0/s1. The van der Waals surface area contributed by atoms with Crippen molar-refractivity contribution in [1.29, 1.82) is 0 Å². The third-order valence-corrected chi connectivity index (χ3v) is 12.8. The molecule has 0 aliphatic carbocycles. The van der Waals surface area contributed by atoms with Crippen LogP contribution in [-0.4, -0.2) is 62.2 Å². The lowest BCUT2D eigenvalue weighted by Crippen LogP contribution is -2.15. The van der Waals surface area contributed by atoms with E-state index in [-0.39, 0.29) is 71.1 Å². The van der Waals surface area contributed by atoms with Gasteiger partial charge in [-0.2, -0.15) is 0 Å². The first-order valence-corrected chi connectivity index (χ1v) is 26.8. The van der Waals surface area contributed by atoms with Gasteiger partial charge in [0.05, 0.1) is 48.7 Å². The number of rotatable bonds is 29. The first-order valence-electron chi connectivity index (χ1n) is 26.8. The zero-order chi connectivity index (χ0) is 55.8. The van der Waals surface area contributed by atoms with Gasteiger partial charge in [0.25, 0.3) is 0 Å². The van der Waals surface area contributed by atoms with Crippen molar-refractivity contribution >= 4 is 35.8 Å². The monoisotopic (exact) mass is 1060 g/mol. The van der Waals surface area contributed by atoms with Crippen molar-refractivity contribution < 1.29 is 66.7 Å². The summed E-state index contributed by atoms with van der Waals surface area (Å²) in [6, 6.07) is 36.9. The molecule has 6 rings (SSSR count). The summed E-state index contributed by atoms with van der Waals surface area (Å²) in [4.78, 5) is 77.2. The van der Waals surface area contributed by atoms with Crippen LogP contribution < -0.4 is 28.4 Å². The summed E-state index contributed by atoms with van der Waals surface area (Å²) in [5, 5.41) is 0. The maximum Gasteiger partial charge on any atom is 0.343 e. The molecular weight excluding hydrogens is 993 g/mol. The van der Waals surface area contributed by atoms with Crippen LogP contribution in [0.1, 0.15) is 159 Å². The van der Waals surface area contributed by atoms with E-state index in [0.717, 1.165) is 73.6 Å². The third-order valence-electron chi connectivity index (χ3n) is 12.8. The molecule has 0 heterocycles. The summed E-state index contributed by atoms with van der Waals surface area (Å²) in [6.45, 7) is 8.16. The second-order valence-corrected chi connectivity index (χ2v) is 19.0. The van der Waals surface area contributed by atoms with E-state index in [1.54, 1.807) is 48.5 Å². The SMILES string of the molecule is CCCCCC[C@H](C)OC(=O)c1ccc(-c2ccc(OC(=O)c3ccc(OC(=O)CCCCC(=O)Oc4ccc(C(=O)Oc5ccc(-c6ccc(C(=O)O[C@@H](C)CCCCCC)cc6)cc5)cc4OC)c(OC)c3)cc2)cc1. The zero-order valence-electron chi connectivity index (χ0n) is 45.5. The van der Waals surface area contributed by atoms with Crippen LogP contribution in [0.2, 0.25) is 0 Å². The largest absolute Gasteiger partial charge is 0.493 e. The minimum atomic E-state index is -0.651. The van der Waals surface area contributed by atoms with Gasteiger partial charge in [0.15, 0.2) is 23.0 Å². The Hall–Kier alpha value is -8.26. The quantitative estimate of drug-likeness (QED) is 0.0246. The van der Waals surface area contributed by atoms with Crippen LogP contribution in [0.3, 0.4) is 0 Å². The molecule has 6 aromatic carbocycles. The maximum absolute atomic E-state index is 13.1. The Morgan fingerprint density at radius 1 is 0.359 bits per heavy atom. The van der Waals surface area contributed by atoms with E-state index in [2.05, 4.69) is 13.8 Å². The Balaban J connectivity index is 0.901. The Labute approximate surface area is 457 Å². The molecule has 6 aromatic rings. The topological polar surface area (TPSA) is 176 Å². The Morgan fingerprint density at radius 3 is 1.03 bits per heavy atom. The highest BCUT2D eigenvalue weighted by molar-refractivity contribution is 5.94. The summed E-state index contributed by atoms with van der Waals surface area (Å²) < 4.78 is 44.4. The van der Waals surface area contributed by atoms with E-state index in [1.807, 2.05) is 62.4 Å². The summed E-state index contributed by atoms with van der Waals surface area (Å²) >= 11 is 0. The minimum absolute atomic E-state index is 0.0156. The molecule has 14 heteroatoms. The van der Waals surface area contributed by atoms with Crippen LogP contribution in [0.15, 0.2) is 133 Å². The number of carbonyl (C=O) groups is 6. The summed E-state index contributed by atoms with van der Waals surface area (Å²) in [7, 11) is 2.77.